The van der Waals surface area contributed by atoms with Crippen molar-refractivity contribution in [3.63, 3.8) is 0 Å². The van der Waals surface area contributed by atoms with Crippen molar-refractivity contribution in [3.05, 3.63) is 35.9 Å². The third-order valence-corrected chi connectivity index (χ3v) is 3.61. The van der Waals surface area contributed by atoms with Crippen molar-refractivity contribution >= 4 is 0 Å². The summed E-state index contributed by atoms with van der Waals surface area (Å²) in [5, 5.41) is 0. The highest BCUT2D eigenvalue weighted by Gasteiger charge is 2.43. The van der Waals surface area contributed by atoms with E-state index in [0.717, 1.165) is 5.56 Å². The Balaban J connectivity index is 1.70. The van der Waals surface area contributed by atoms with Gasteiger partial charge in [0, 0.05) is 25.1 Å². The van der Waals surface area contributed by atoms with Crippen LogP contribution in [0.5, 0.6) is 0 Å². The summed E-state index contributed by atoms with van der Waals surface area (Å²) in [5.74, 6) is 0. The van der Waals surface area contributed by atoms with Gasteiger partial charge in [-0.2, -0.15) is 0 Å². The third-order valence-electron chi connectivity index (χ3n) is 3.61. The number of nitrogens with two attached hydrogens (primary N) is 1. The Bertz CT molecular complexity index is 413. The molecule has 0 amide bonds. The van der Waals surface area contributed by atoms with Crippen LogP contribution in [0.15, 0.2) is 30.3 Å². The van der Waals surface area contributed by atoms with Gasteiger partial charge in [0.2, 0.25) is 0 Å². The normalized spacial score (nSPS) is 38.7. The summed E-state index contributed by atoms with van der Waals surface area (Å²) in [5.41, 5.74) is 7.16. The Morgan fingerprint density at radius 2 is 2.00 bits per heavy atom. The monoisotopic (exact) mass is 265 g/mol. The van der Waals surface area contributed by atoms with E-state index in [1.165, 1.54) is 0 Å². The molecule has 2 N–H and O–H groups in total. The van der Waals surface area contributed by atoms with Crippen LogP contribution in [0.1, 0.15) is 18.3 Å². The lowest BCUT2D eigenvalue weighted by atomic mass is 9.98. The van der Waals surface area contributed by atoms with Crippen LogP contribution < -0.4 is 5.73 Å². The lowest BCUT2D eigenvalue weighted by molar-refractivity contribution is -0.317. The van der Waals surface area contributed by atoms with Crippen LogP contribution in [0, 0.1) is 0 Å². The van der Waals surface area contributed by atoms with Crippen molar-refractivity contribution in [3.8, 4) is 0 Å². The first kappa shape index (κ1) is 13.0. The molecule has 2 fully saturated rings. The van der Waals surface area contributed by atoms with Crippen molar-refractivity contribution in [2.75, 3.05) is 13.7 Å². The molecule has 0 aliphatic carbocycles. The van der Waals surface area contributed by atoms with Gasteiger partial charge in [0.05, 0.1) is 6.61 Å². The van der Waals surface area contributed by atoms with Crippen LogP contribution in [-0.4, -0.2) is 38.3 Å². The average molecular weight is 265 g/mol. The second-order valence-electron chi connectivity index (χ2n) is 4.92. The fraction of sp³-hybridized carbons (Fsp3) is 0.571. The number of hydrogen-bond donors (Lipinski definition) is 1. The van der Waals surface area contributed by atoms with E-state index in [1.54, 1.807) is 7.11 Å². The minimum absolute atomic E-state index is 0.0983. The number of benzene rings is 1. The highest BCUT2D eigenvalue weighted by Crippen LogP contribution is 2.33. The third kappa shape index (κ3) is 2.66. The van der Waals surface area contributed by atoms with Gasteiger partial charge in [0.1, 0.15) is 12.2 Å². The molecule has 2 heterocycles. The summed E-state index contributed by atoms with van der Waals surface area (Å²) in [6, 6.07) is 9.77. The molecule has 0 aromatic heterocycles. The zero-order valence-electron chi connectivity index (χ0n) is 10.9. The number of ether oxygens (including phenoxy) is 4. The average Bonchev–Trinajstić information content (AvgIpc) is 2.47. The molecule has 5 atom stereocenters. The SMILES string of the molecule is CO[C@@H]1C[C@H](N)[C@H]2O[C@@H](c3ccccc3)OC[C@@H]2O1. The van der Waals surface area contributed by atoms with E-state index in [9.17, 15) is 0 Å². The van der Waals surface area contributed by atoms with Gasteiger partial charge in [-0.1, -0.05) is 30.3 Å². The number of rotatable bonds is 2. The first-order valence-electron chi connectivity index (χ1n) is 6.54. The lowest BCUT2D eigenvalue weighted by Gasteiger charge is -2.44. The van der Waals surface area contributed by atoms with Gasteiger partial charge in [-0.3, -0.25) is 0 Å². The van der Waals surface area contributed by atoms with Gasteiger partial charge in [-0.15, -0.1) is 0 Å². The van der Waals surface area contributed by atoms with Crippen LogP contribution in [0.4, 0.5) is 0 Å². The number of hydrogen-bond acceptors (Lipinski definition) is 5. The van der Waals surface area contributed by atoms with E-state index in [-0.39, 0.29) is 30.8 Å². The molecule has 104 valence electrons. The highest BCUT2D eigenvalue weighted by molar-refractivity contribution is 5.16. The molecule has 1 aromatic carbocycles. The van der Waals surface area contributed by atoms with Gasteiger partial charge in [-0.25, -0.2) is 0 Å². The molecular weight excluding hydrogens is 246 g/mol. The maximum absolute atomic E-state index is 6.16. The minimum atomic E-state index is -0.365. The van der Waals surface area contributed by atoms with Crippen LogP contribution >= 0.6 is 0 Å². The number of fused-ring (bicyclic) bond motifs is 1. The van der Waals surface area contributed by atoms with E-state index in [1.807, 2.05) is 30.3 Å². The van der Waals surface area contributed by atoms with E-state index in [0.29, 0.717) is 13.0 Å². The van der Waals surface area contributed by atoms with Crippen LogP contribution in [0.25, 0.3) is 0 Å². The molecule has 3 rings (SSSR count). The molecule has 0 bridgehead atoms. The van der Waals surface area contributed by atoms with Crippen molar-refractivity contribution in [1.29, 1.82) is 0 Å². The highest BCUT2D eigenvalue weighted by atomic mass is 16.7. The second kappa shape index (κ2) is 5.56. The van der Waals surface area contributed by atoms with Crippen LogP contribution in [0.3, 0.4) is 0 Å². The predicted molar refractivity (Wildman–Crippen MR) is 68.3 cm³/mol. The van der Waals surface area contributed by atoms with Gasteiger partial charge in [-0.05, 0) is 0 Å². The van der Waals surface area contributed by atoms with Gasteiger partial charge in [0.25, 0.3) is 0 Å². The van der Waals surface area contributed by atoms with Crippen molar-refractivity contribution in [1.82, 2.24) is 0 Å². The Kier molecular flexibility index (Phi) is 3.81. The predicted octanol–water partition coefficient (Wildman–Crippen LogP) is 1.19. The summed E-state index contributed by atoms with van der Waals surface area (Å²) in [7, 11) is 1.62. The molecular formula is C14H19NO4. The Labute approximate surface area is 112 Å². The summed E-state index contributed by atoms with van der Waals surface area (Å²) in [4.78, 5) is 0. The smallest absolute Gasteiger partial charge is 0.184 e. The second-order valence-corrected chi connectivity index (χ2v) is 4.92. The van der Waals surface area contributed by atoms with E-state index in [2.05, 4.69) is 0 Å². The zero-order valence-corrected chi connectivity index (χ0v) is 10.9. The molecule has 0 unspecified atom stereocenters. The Morgan fingerprint density at radius 3 is 2.74 bits per heavy atom. The maximum Gasteiger partial charge on any atom is 0.184 e. The quantitative estimate of drug-likeness (QED) is 0.870. The van der Waals surface area contributed by atoms with Crippen molar-refractivity contribution in [2.24, 2.45) is 5.73 Å². The molecule has 2 aliphatic heterocycles. The molecule has 5 nitrogen and oxygen atoms in total. The fourth-order valence-corrected chi connectivity index (χ4v) is 2.58. The van der Waals surface area contributed by atoms with Crippen molar-refractivity contribution in [2.45, 2.75) is 37.3 Å². The molecule has 2 saturated heterocycles. The molecule has 0 radical (unpaired) electrons. The minimum Gasteiger partial charge on any atom is -0.356 e. The molecule has 0 saturated carbocycles. The molecule has 0 spiro atoms. The van der Waals surface area contributed by atoms with Gasteiger partial charge in [0.15, 0.2) is 12.6 Å². The Morgan fingerprint density at radius 1 is 1.21 bits per heavy atom. The fourth-order valence-electron chi connectivity index (χ4n) is 2.58. The molecule has 5 heteroatoms. The maximum atomic E-state index is 6.16. The zero-order chi connectivity index (χ0) is 13.2. The van der Waals surface area contributed by atoms with E-state index < -0.39 is 0 Å². The largest absolute Gasteiger partial charge is 0.356 e. The van der Waals surface area contributed by atoms with E-state index >= 15 is 0 Å². The van der Waals surface area contributed by atoms with Crippen LogP contribution in [0.2, 0.25) is 0 Å². The molecule has 1 aromatic rings. The summed E-state index contributed by atoms with van der Waals surface area (Å²) in [6.07, 6.45) is -0.300. The standard InChI is InChI=1S/C14H19NO4/c1-16-12-7-10(15)13-11(18-12)8-17-14(19-13)9-5-3-2-4-6-9/h2-6,10-14H,7-8,15H2,1H3/t10-,11-,12-,13+,14-/m0/s1. The van der Waals surface area contributed by atoms with Gasteiger partial charge >= 0.3 is 0 Å². The first-order valence-corrected chi connectivity index (χ1v) is 6.54. The molecule has 2 aliphatic rings. The van der Waals surface area contributed by atoms with E-state index in [4.69, 9.17) is 24.7 Å². The summed E-state index contributed by atoms with van der Waals surface area (Å²) in [6.45, 7) is 0.470. The Hall–Kier alpha value is -0.980. The lowest BCUT2D eigenvalue weighted by Crippen LogP contribution is -2.58. The van der Waals surface area contributed by atoms with Gasteiger partial charge < -0.3 is 24.7 Å². The summed E-state index contributed by atoms with van der Waals surface area (Å²) >= 11 is 0. The first-order chi connectivity index (χ1) is 9.28. The van der Waals surface area contributed by atoms with Crippen molar-refractivity contribution < 1.29 is 18.9 Å². The topological polar surface area (TPSA) is 62.9 Å². The van der Waals surface area contributed by atoms with Crippen LogP contribution in [-0.2, 0) is 18.9 Å². The number of methoxy groups -OCH3 is 1. The summed E-state index contributed by atoms with van der Waals surface area (Å²) < 4.78 is 22.6. The molecule has 19 heavy (non-hydrogen) atoms.